The van der Waals surface area contributed by atoms with E-state index in [-0.39, 0.29) is 6.54 Å². The fourth-order valence-electron chi connectivity index (χ4n) is 1.85. The molecule has 1 aromatic rings. The molecular weight excluding hydrogens is 230 g/mol. The number of nitrogens with zero attached hydrogens (tertiary/aromatic N) is 1. The topological polar surface area (TPSA) is 49.8 Å². The predicted octanol–water partition coefficient (Wildman–Crippen LogP) is 2.09. The molecule has 18 heavy (non-hydrogen) atoms. The molecule has 0 radical (unpaired) electrons. The number of hydrogen-bond donors (Lipinski definition) is 1. The first kappa shape index (κ1) is 14.5. The Bertz CT molecular complexity index is 384. The molecule has 0 aliphatic heterocycles. The Hall–Kier alpha value is -1.55. The van der Waals surface area contributed by atoms with E-state index in [0.717, 1.165) is 18.7 Å². The van der Waals surface area contributed by atoms with Crippen LogP contribution in [0.15, 0.2) is 18.2 Å². The van der Waals surface area contributed by atoms with Gasteiger partial charge in [-0.1, -0.05) is 6.07 Å². The second kappa shape index (κ2) is 7.01. The van der Waals surface area contributed by atoms with Gasteiger partial charge < -0.3 is 9.84 Å². The summed E-state index contributed by atoms with van der Waals surface area (Å²) in [7, 11) is 1.80. The number of aryl methyl sites for hydroxylation is 2. The van der Waals surface area contributed by atoms with Crippen molar-refractivity contribution in [3.05, 3.63) is 29.3 Å². The van der Waals surface area contributed by atoms with Gasteiger partial charge in [-0.25, -0.2) is 0 Å². The van der Waals surface area contributed by atoms with E-state index in [1.54, 1.807) is 11.9 Å². The van der Waals surface area contributed by atoms with E-state index in [4.69, 9.17) is 9.84 Å². The standard InChI is InChI=1S/C14H21NO3/c1-11-7-12(2)9-13(8-11)18-6-4-5-15(3)10-14(16)17/h7-9H,4-6,10H2,1-3H3,(H,16,17). The summed E-state index contributed by atoms with van der Waals surface area (Å²) in [5.74, 6) is 0.0844. The summed E-state index contributed by atoms with van der Waals surface area (Å²) in [5.41, 5.74) is 2.38. The molecule has 0 fully saturated rings. The minimum absolute atomic E-state index is 0.0730. The normalized spacial score (nSPS) is 10.7. The number of aliphatic carboxylic acids is 1. The van der Waals surface area contributed by atoms with Crippen molar-refractivity contribution < 1.29 is 14.6 Å². The maximum atomic E-state index is 10.5. The van der Waals surface area contributed by atoms with Gasteiger partial charge in [0.05, 0.1) is 13.2 Å². The quantitative estimate of drug-likeness (QED) is 0.754. The molecule has 0 aromatic heterocycles. The Morgan fingerprint density at radius 3 is 2.44 bits per heavy atom. The zero-order valence-electron chi connectivity index (χ0n) is 11.3. The molecule has 0 saturated heterocycles. The molecule has 0 saturated carbocycles. The summed E-state index contributed by atoms with van der Waals surface area (Å²) in [6.07, 6.45) is 0.816. The lowest BCUT2D eigenvalue weighted by molar-refractivity contribution is -0.138. The van der Waals surface area contributed by atoms with Crippen LogP contribution in [0, 0.1) is 13.8 Å². The molecule has 0 aliphatic carbocycles. The molecule has 4 heteroatoms. The maximum absolute atomic E-state index is 10.5. The van der Waals surface area contributed by atoms with Crippen molar-refractivity contribution in [1.82, 2.24) is 4.90 Å². The largest absolute Gasteiger partial charge is 0.494 e. The summed E-state index contributed by atoms with van der Waals surface area (Å²) in [4.78, 5) is 12.2. The Morgan fingerprint density at radius 2 is 1.89 bits per heavy atom. The van der Waals surface area contributed by atoms with Crippen LogP contribution in [0.3, 0.4) is 0 Å². The molecule has 0 amide bonds. The van der Waals surface area contributed by atoms with E-state index in [9.17, 15) is 4.79 Å². The lowest BCUT2D eigenvalue weighted by Gasteiger charge is -2.14. The number of likely N-dealkylation sites (N-methyl/N-ethyl adjacent to an activating group) is 1. The second-order valence-corrected chi connectivity index (χ2v) is 4.66. The van der Waals surface area contributed by atoms with Crippen LogP contribution in [0.5, 0.6) is 5.75 Å². The van der Waals surface area contributed by atoms with Gasteiger partial charge in [-0.15, -0.1) is 0 Å². The van der Waals surface area contributed by atoms with E-state index in [1.165, 1.54) is 11.1 Å². The van der Waals surface area contributed by atoms with E-state index in [2.05, 4.69) is 6.07 Å². The maximum Gasteiger partial charge on any atom is 0.317 e. The molecule has 1 rings (SSSR count). The molecule has 0 spiro atoms. The van der Waals surface area contributed by atoms with Crippen molar-refractivity contribution in [2.45, 2.75) is 20.3 Å². The van der Waals surface area contributed by atoms with Gasteiger partial charge in [-0.3, -0.25) is 9.69 Å². The van der Waals surface area contributed by atoms with Crippen molar-refractivity contribution in [2.24, 2.45) is 0 Å². The van der Waals surface area contributed by atoms with E-state index < -0.39 is 5.97 Å². The highest BCUT2D eigenvalue weighted by atomic mass is 16.5. The third kappa shape index (κ3) is 5.68. The van der Waals surface area contributed by atoms with Crippen molar-refractivity contribution in [3.63, 3.8) is 0 Å². The van der Waals surface area contributed by atoms with Crippen LogP contribution in [-0.2, 0) is 4.79 Å². The van der Waals surface area contributed by atoms with E-state index in [1.807, 2.05) is 26.0 Å². The smallest absolute Gasteiger partial charge is 0.317 e. The van der Waals surface area contributed by atoms with E-state index in [0.29, 0.717) is 6.61 Å². The first-order valence-corrected chi connectivity index (χ1v) is 6.09. The van der Waals surface area contributed by atoms with Crippen molar-refractivity contribution in [2.75, 3.05) is 26.7 Å². The SMILES string of the molecule is Cc1cc(C)cc(OCCCN(C)CC(=O)O)c1. The number of carboxylic acid groups (broad SMARTS) is 1. The van der Waals surface area contributed by atoms with Crippen molar-refractivity contribution in [1.29, 1.82) is 0 Å². The number of carbonyl (C=O) groups is 1. The van der Waals surface area contributed by atoms with E-state index >= 15 is 0 Å². The van der Waals surface area contributed by atoms with Gasteiger partial charge in [0, 0.05) is 6.54 Å². The molecular formula is C14H21NO3. The molecule has 0 heterocycles. The van der Waals surface area contributed by atoms with Gasteiger partial charge in [-0.2, -0.15) is 0 Å². The van der Waals surface area contributed by atoms with Crippen molar-refractivity contribution >= 4 is 5.97 Å². The first-order valence-electron chi connectivity index (χ1n) is 6.09. The Kier molecular flexibility index (Phi) is 5.65. The number of carboxylic acids is 1. The van der Waals surface area contributed by atoms with Crippen LogP contribution >= 0.6 is 0 Å². The van der Waals surface area contributed by atoms with Gasteiger partial charge in [0.2, 0.25) is 0 Å². The summed E-state index contributed by atoms with van der Waals surface area (Å²) in [6, 6.07) is 6.12. The number of rotatable bonds is 7. The van der Waals surface area contributed by atoms with Crippen LogP contribution < -0.4 is 4.74 Å². The monoisotopic (exact) mass is 251 g/mol. The van der Waals surface area contributed by atoms with Crippen LogP contribution in [0.2, 0.25) is 0 Å². The fourth-order valence-corrected chi connectivity index (χ4v) is 1.85. The summed E-state index contributed by atoms with van der Waals surface area (Å²) >= 11 is 0. The highest BCUT2D eigenvalue weighted by molar-refractivity contribution is 5.68. The molecule has 100 valence electrons. The van der Waals surface area contributed by atoms with Gasteiger partial charge >= 0.3 is 5.97 Å². The average molecular weight is 251 g/mol. The Labute approximate surface area is 108 Å². The van der Waals surface area contributed by atoms with Crippen LogP contribution in [0.25, 0.3) is 0 Å². The molecule has 1 aromatic carbocycles. The van der Waals surface area contributed by atoms with Crippen LogP contribution in [-0.4, -0.2) is 42.7 Å². The van der Waals surface area contributed by atoms with Crippen molar-refractivity contribution in [3.8, 4) is 5.75 Å². The number of benzene rings is 1. The van der Waals surface area contributed by atoms with Gasteiger partial charge in [-0.05, 0) is 50.6 Å². The second-order valence-electron chi connectivity index (χ2n) is 4.66. The predicted molar refractivity (Wildman–Crippen MR) is 71.2 cm³/mol. The minimum atomic E-state index is -0.798. The fraction of sp³-hybridized carbons (Fsp3) is 0.500. The molecule has 4 nitrogen and oxygen atoms in total. The molecule has 0 bridgehead atoms. The Balaban J connectivity index is 2.27. The van der Waals surface area contributed by atoms with Crippen LogP contribution in [0.1, 0.15) is 17.5 Å². The Morgan fingerprint density at radius 1 is 1.28 bits per heavy atom. The van der Waals surface area contributed by atoms with Gasteiger partial charge in [0.25, 0.3) is 0 Å². The summed E-state index contributed by atoms with van der Waals surface area (Å²) in [6.45, 7) is 5.48. The van der Waals surface area contributed by atoms with Gasteiger partial charge in [0.15, 0.2) is 0 Å². The van der Waals surface area contributed by atoms with Crippen LogP contribution in [0.4, 0.5) is 0 Å². The molecule has 1 N–H and O–H groups in total. The average Bonchev–Trinajstić information content (AvgIpc) is 2.22. The highest BCUT2D eigenvalue weighted by Crippen LogP contribution is 2.16. The summed E-state index contributed by atoms with van der Waals surface area (Å²) in [5, 5.41) is 8.61. The third-order valence-electron chi connectivity index (χ3n) is 2.55. The highest BCUT2D eigenvalue weighted by Gasteiger charge is 2.03. The lowest BCUT2D eigenvalue weighted by Crippen LogP contribution is -2.27. The lowest BCUT2D eigenvalue weighted by atomic mass is 10.1. The first-order chi connectivity index (χ1) is 8.47. The zero-order chi connectivity index (χ0) is 13.5. The summed E-state index contributed by atoms with van der Waals surface area (Å²) < 4.78 is 5.65. The molecule has 0 unspecified atom stereocenters. The number of ether oxygens (including phenoxy) is 1. The number of hydrogen-bond acceptors (Lipinski definition) is 3. The third-order valence-corrected chi connectivity index (χ3v) is 2.55. The molecule has 0 aliphatic rings. The van der Waals surface area contributed by atoms with Gasteiger partial charge in [0.1, 0.15) is 5.75 Å². The minimum Gasteiger partial charge on any atom is -0.494 e. The molecule has 0 atom stereocenters. The zero-order valence-corrected chi connectivity index (χ0v) is 11.3.